The molecule has 1 rings (SSSR count). The van der Waals surface area contributed by atoms with Gasteiger partial charge in [-0.2, -0.15) is 0 Å². The van der Waals surface area contributed by atoms with Crippen LogP contribution in [0.5, 0.6) is 0 Å². The van der Waals surface area contributed by atoms with E-state index < -0.39 is 0 Å². The van der Waals surface area contributed by atoms with Gasteiger partial charge in [-0.15, -0.1) is 0 Å². The first-order valence-corrected chi connectivity index (χ1v) is 5.23. The zero-order valence-corrected chi connectivity index (χ0v) is 9.07. The Bertz CT molecular complexity index is 319. The maximum absolute atomic E-state index is 11.0. The van der Waals surface area contributed by atoms with Crippen molar-refractivity contribution in [2.45, 2.75) is 19.3 Å². The molecule has 1 unspecified atom stereocenters. The molecule has 2 nitrogen and oxygen atoms in total. The molecule has 1 N–H and O–H groups in total. The van der Waals surface area contributed by atoms with Gasteiger partial charge in [0.05, 0.1) is 0 Å². The molecule has 0 saturated heterocycles. The maximum Gasteiger partial charge on any atom is 0.243 e. The van der Waals surface area contributed by atoms with E-state index in [1.54, 1.807) is 0 Å². The van der Waals surface area contributed by atoms with E-state index in [-0.39, 0.29) is 5.91 Å². The van der Waals surface area contributed by atoms with Gasteiger partial charge in [0.15, 0.2) is 0 Å². The second kappa shape index (κ2) is 6.02. The number of hydrogen-bond donors (Lipinski definition) is 1. The third kappa shape index (κ3) is 3.58. The quantitative estimate of drug-likeness (QED) is 0.732. The molecule has 0 aliphatic carbocycles. The number of carbonyl (C=O) groups excluding carboxylic acids is 1. The highest BCUT2D eigenvalue weighted by Gasteiger charge is 2.08. The zero-order chi connectivity index (χ0) is 11.1. The Labute approximate surface area is 91.0 Å². The molecule has 0 heterocycles. The average Bonchev–Trinajstić information content (AvgIpc) is 2.31. The Balaban J connectivity index is 2.57. The fourth-order valence-electron chi connectivity index (χ4n) is 1.52. The largest absolute Gasteiger partial charge is 0.352 e. The topological polar surface area (TPSA) is 29.1 Å². The van der Waals surface area contributed by atoms with Crippen LogP contribution in [0, 0.1) is 0 Å². The molecular weight excluding hydrogens is 186 g/mol. The van der Waals surface area contributed by atoms with Crippen LogP contribution in [0.2, 0.25) is 0 Å². The Morgan fingerprint density at radius 1 is 1.47 bits per heavy atom. The summed E-state index contributed by atoms with van der Waals surface area (Å²) in [7, 11) is 0. The summed E-state index contributed by atoms with van der Waals surface area (Å²) in [6, 6.07) is 10.2. The number of rotatable bonds is 5. The lowest BCUT2D eigenvalue weighted by Gasteiger charge is -2.15. The summed E-state index contributed by atoms with van der Waals surface area (Å²) in [5.41, 5.74) is 1.27. The van der Waals surface area contributed by atoms with Gasteiger partial charge in [-0.1, -0.05) is 43.8 Å². The van der Waals surface area contributed by atoms with Crippen LogP contribution in [0.25, 0.3) is 0 Å². The van der Waals surface area contributed by atoms with E-state index in [0.717, 1.165) is 6.42 Å². The fourth-order valence-corrected chi connectivity index (χ4v) is 1.52. The molecule has 0 aliphatic rings. The van der Waals surface area contributed by atoms with Crippen molar-refractivity contribution in [2.24, 2.45) is 0 Å². The number of carbonyl (C=O) groups is 1. The number of nitrogens with one attached hydrogen (secondary N) is 1. The molecule has 15 heavy (non-hydrogen) atoms. The average molecular weight is 203 g/mol. The van der Waals surface area contributed by atoms with Gasteiger partial charge in [-0.25, -0.2) is 0 Å². The van der Waals surface area contributed by atoms with Crippen LogP contribution in [0.3, 0.4) is 0 Å². The van der Waals surface area contributed by atoms with E-state index in [1.807, 2.05) is 18.2 Å². The van der Waals surface area contributed by atoms with Crippen molar-refractivity contribution in [1.82, 2.24) is 5.32 Å². The minimum atomic E-state index is -0.107. The van der Waals surface area contributed by atoms with Crippen LogP contribution < -0.4 is 5.32 Å². The van der Waals surface area contributed by atoms with Crippen molar-refractivity contribution in [2.75, 3.05) is 6.54 Å². The first-order chi connectivity index (χ1) is 7.27. The minimum absolute atomic E-state index is 0.107. The first kappa shape index (κ1) is 11.5. The summed E-state index contributed by atoms with van der Waals surface area (Å²) in [5, 5.41) is 2.82. The van der Waals surface area contributed by atoms with E-state index in [1.165, 1.54) is 11.6 Å². The van der Waals surface area contributed by atoms with Crippen molar-refractivity contribution in [1.29, 1.82) is 0 Å². The van der Waals surface area contributed by atoms with E-state index in [0.29, 0.717) is 12.5 Å². The highest BCUT2D eigenvalue weighted by molar-refractivity contribution is 5.86. The molecule has 1 atom stereocenters. The van der Waals surface area contributed by atoms with E-state index in [9.17, 15) is 4.79 Å². The molecule has 1 aromatic carbocycles. The van der Waals surface area contributed by atoms with Gasteiger partial charge in [0.2, 0.25) is 5.91 Å². The van der Waals surface area contributed by atoms with Crippen molar-refractivity contribution < 1.29 is 4.79 Å². The van der Waals surface area contributed by atoms with Gasteiger partial charge in [0.25, 0.3) is 0 Å². The predicted octanol–water partition coefficient (Wildman–Crippen LogP) is 2.48. The normalized spacial score (nSPS) is 11.8. The molecule has 0 aliphatic heterocycles. The summed E-state index contributed by atoms with van der Waals surface area (Å²) in [6.07, 6.45) is 2.32. The Hall–Kier alpha value is -1.57. The zero-order valence-electron chi connectivity index (χ0n) is 9.07. The van der Waals surface area contributed by atoms with Crippen molar-refractivity contribution >= 4 is 5.91 Å². The summed E-state index contributed by atoms with van der Waals surface area (Å²) >= 11 is 0. The smallest absolute Gasteiger partial charge is 0.243 e. The summed E-state index contributed by atoms with van der Waals surface area (Å²) < 4.78 is 0. The van der Waals surface area contributed by atoms with E-state index >= 15 is 0 Å². The van der Waals surface area contributed by atoms with Gasteiger partial charge < -0.3 is 5.32 Å². The van der Waals surface area contributed by atoms with Crippen LogP contribution in [-0.2, 0) is 4.79 Å². The lowest BCUT2D eigenvalue weighted by Crippen LogP contribution is -2.26. The third-order valence-corrected chi connectivity index (χ3v) is 2.47. The van der Waals surface area contributed by atoms with Crippen molar-refractivity contribution in [3.63, 3.8) is 0 Å². The minimum Gasteiger partial charge on any atom is -0.352 e. The van der Waals surface area contributed by atoms with Crippen LogP contribution in [0.4, 0.5) is 0 Å². The molecule has 0 radical (unpaired) electrons. The van der Waals surface area contributed by atoms with Crippen LogP contribution >= 0.6 is 0 Å². The SMILES string of the molecule is C=CC(=O)NCC(CC)c1ccccc1. The van der Waals surface area contributed by atoms with Crippen molar-refractivity contribution in [3.05, 3.63) is 48.6 Å². The summed E-state index contributed by atoms with van der Waals surface area (Å²) in [6.45, 7) is 6.22. The van der Waals surface area contributed by atoms with Gasteiger partial charge in [0, 0.05) is 12.5 Å². The second-order valence-corrected chi connectivity index (χ2v) is 3.47. The van der Waals surface area contributed by atoms with Crippen molar-refractivity contribution in [3.8, 4) is 0 Å². The van der Waals surface area contributed by atoms with Gasteiger partial charge in [-0.05, 0) is 18.1 Å². The molecule has 1 amide bonds. The molecule has 0 aromatic heterocycles. The number of amides is 1. The number of hydrogen-bond acceptors (Lipinski definition) is 1. The molecule has 0 fully saturated rings. The van der Waals surface area contributed by atoms with Crippen LogP contribution in [0.15, 0.2) is 43.0 Å². The Morgan fingerprint density at radius 2 is 2.13 bits per heavy atom. The van der Waals surface area contributed by atoms with E-state index in [4.69, 9.17) is 0 Å². The maximum atomic E-state index is 11.0. The lowest BCUT2D eigenvalue weighted by molar-refractivity contribution is -0.116. The highest BCUT2D eigenvalue weighted by Crippen LogP contribution is 2.17. The third-order valence-electron chi connectivity index (χ3n) is 2.47. The van der Waals surface area contributed by atoms with Gasteiger partial charge >= 0.3 is 0 Å². The summed E-state index contributed by atoms with van der Waals surface area (Å²) in [5.74, 6) is 0.277. The van der Waals surface area contributed by atoms with Crippen LogP contribution in [0.1, 0.15) is 24.8 Å². The Kier molecular flexibility index (Phi) is 4.61. The molecule has 2 heteroatoms. The summed E-state index contributed by atoms with van der Waals surface area (Å²) in [4.78, 5) is 11.0. The van der Waals surface area contributed by atoms with E-state index in [2.05, 4.69) is 31.0 Å². The Morgan fingerprint density at radius 3 is 2.67 bits per heavy atom. The second-order valence-electron chi connectivity index (χ2n) is 3.47. The standard InChI is InChI=1S/C13H17NO/c1-3-11(10-14-13(15)4-2)12-8-6-5-7-9-12/h4-9,11H,2-3,10H2,1H3,(H,14,15). The fraction of sp³-hybridized carbons (Fsp3) is 0.308. The van der Waals surface area contributed by atoms with Gasteiger partial charge in [0.1, 0.15) is 0 Å². The molecular formula is C13H17NO. The van der Waals surface area contributed by atoms with Crippen LogP contribution in [-0.4, -0.2) is 12.5 Å². The first-order valence-electron chi connectivity index (χ1n) is 5.23. The highest BCUT2D eigenvalue weighted by atomic mass is 16.1. The molecule has 80 valence electrons. The number of benzene rings is 1. The molecule has 1 aromatic rings. The lowest BCUT2D eigenvalue weighted by atomic mass is 9.96. The molecule has 0 saturated carbocycles. The molecule has 0 bridgehead atoms. The van der Waals surface area contributed by atoms with Gasteiger partial charge in [-0.3, -0.25) is 4.79 Å². The molecule has 0 spiro atoms. The predicted molar refractivity (Wildman–Crippen MR) is 62.7 cm³/mol. The monoisotopic (exact) mass is 203 g/mol.